The fourth-order valence-corrected chi connectivity index (χ4v) is 3.54. The van der Waals surface area contributed by atoms with E-state index < -0.39 is 10.7 Å². The third-order valence-electron chi connectivity index (χ3n) is 3.67. The van der Waals surface area contributed by atoms with Gasteiger partial charge in [-0.2, -0.15) is 0 Å². The van der Waals surface area contributed by atoms with Crippen molar-refractivity contribution < 1.29 is 14.3 Å². The van der Waals surface area contributed by atoms with E-state index >= 15 is 0 Å². The van der Waals surface area contributed by atoms with E-state index in [-0.39, 0.29) is 0 Å². The Balaban J connectivity index is 2.66. The molecule has 0 saturated carbocycles. The highest BCUT2D eigenvalue weighted by molar-refractivity contribution is 8.02. The van der Waals surface area contributed by atoms with Crippen molar-refractivity contribution in [2.45, 2.75) is 61.5 Å². The molecule has 1 rings (SSSR count). The van der Waals surface area contributed by atoms with Crippen LogP contribution in [0.5, 0.6) is 0 Å². The third-order valence-corrected chi connectivity index (χ3v) is 5.01. The van der Waals surface area contributed by atoms with Crippen molar-refractivity contribution >= 4 is 24.0 Å². The molecule has 122 valence electrons. The molecule has 0 fully saturated rings. The molecule has 4 heteroatoms. The van der Waals surface area contributed by atoms with Gasteiger partial charge in [-0.05, 0) is 18.6 Å². The summed E-state index contributed by atoms with van der Waals surface area (Å²) in [7, 11) is 1.34. The number of aldehydes is 1. The number of hydrogen-bond donors (Lipinski definition) is 0. The average Bonchev–Trinajstić information content (AvgIpc) is 2.57. The fraction of sp³-hybridized carbons (Fsp3) is 0.556. The van der Waals surface area contributed by atoms with Crippen LogP contribution in [-0.2, 0) is 14.3 Å². The molecule has 1 atom stereocenters. The smallest absolute Gasteiger partial charge is 0.329 e. The van der Waals surface area contributed by atoms with Gasteiger partial charge in [-0.15, -0.1) is 0 Å². The number of ether oxygens (including phenoxy) is 1. The Morgan fingerprint density at radius 3 is 2.36 bits per heavy atom. The SMILES string of the molecule is CCCCCCCCC(C=O)(Sc1ccccc1)C(=O)OC. The van der Waals surface area contributed by atoms with Crippen LogP contribution in [0.15, 0.2) is 35.2 Å². The zero-order chi connectivity index (χ0) is 16.3. The van der Waals surface area contributed by atoms with Gasteiger partial charge < -0.3 is 9.53 Å². The highest BCUT2D eigenvalue weighted by Crippen LogP contribution is 2.36. The molecule has 0 aliphatic rings. The van der Waals surface area contributed by atoms with E-state index in [2.05, 4.69) is 6.92 Å². The van der Waals surface area contributed by atoms with E-state index in [4.69, 9.17) is 4.74 Å². The van der Waals surface area contributed by atoms with E-state index in [1.54, 1.807) is 0 Å². The number of hydrogen-bond acceptors (Lipinski definition) is 4. The molecule has 0 N–H and O–H groups in total. The van der Waals surface area contributed by atoms with Crippen LogP contribution in [0.1, 0.15) is 51.9 Å². The summed E-state index contributed by atoms with van der Waals surface area (Å²) in [5.41, 5.74) is 0. The molecule has 1 aromatic rings. The topological polar surface area (TPSA) is 43.4 Å². The van der Waals surface area contributed by atoms with Crippen molar-refractivity contribution in [1.29, 1.82) is 0 Å². The highest BCUT2D eigenvalue weighted by Gasteiger charge is 2.40. The van der Waals surface area contributed by atoms with Crippen molar-refractivity contribution in [3.05, 3.63) is 30.3 Å². The summed E-state index contributed by atoms with van der Waals surface area (Å²) in [5.74, 6) is -0.454. The van der Waals surface area contributed by atoms with Gasteiger partial charge in [0.25, 0.3) is 0 Å². The number of benzene rings is 1. The first-order valence-corrected chi connectivity index (χ1v) is 8.79. The van der Waals surface area contributed by atoms with E-state index in [1.165, 1.54) is 38.1 Å². The zero-order valence-corrected chi connectivity index (χ0v) is 14.4. The van der Waals surface area contributed by atoms with Gasteiger partial charge in [-0.25, -0.2) is 0 Å². The van der Waals surface area contributed by atoms with Crippen molar-refractivity contribution in [3.8, 4) is 0 Å². The van der Waals surface area contributed by atoms with Gasteiger partial charge in [0.05, 0.1) is 7.11 Å². The van der Waals surface area contributed by atoms with Gasteiger partial charge in [0.15, 0.2) is 4.75 Å². The summed E-state index contributed by atoms with van der Waals surface area (Å²) < 4.78 is 3.76. The van der Waals surface area contributed by atoms with Crippen molar-refractivity contribution in [1.82, 2.24) is 0 Å². The van der Waals surface area contributed by atoms with E-state index in [1.807, 2.05) is 30.3 Å². The Labute approximate surface area is 137 Å². The van der Waals surface area contributed by atoms with Crippen molar-refractivity contribution in [2.75, 3.05) is 7.11 Å². The van der Waals surface area contributed by atoms with Gasteiger partial charge in [0.2, 0.25) is 0 Å². The van der Waals surface area contributed by atoms with Gasteiger partial charge >= 0.3 is 5.97 Å². The minimum absolute atomic E-state index is 0.454. The lowest BCUT2D eigenvalue weighted by Gasteiger charge is -2.24. The van der Waals surface area contributed by atoms with Crippen LogP contribution in [0, 0.1) is 0 Å². The Kier molecular flexibility index (Phi) is 8.90. The molecule has 0 heterocycles. The molecule has 0 spiro atoms. The molecule has 0 saturated heterocycles. The second kappa shape index (κ2) is 10.4. The maximum Gasteiger partial charge on any atom is 0.329 e. The largest absolute Gasteiger partial charge is 0.468 e. The predicted octanol–water partition coefficient (Wildman–Crippen LogP) is 4.64. The summed E-state index contributed by atoms with van der Waals surface area (Å²) in [5, 5.41) is 0. The first-order chi connectivity index (χ1) is 10.7. The number of methoxy groups -OCH3 is 1. The molecule has 0 aromatic heterocycles. The summed E-state index contributed by atoms with van der Waals surface area (Å²) in [4.78, 5) is 24.7. The Morgan fingerprint density at radius 2 is 1.77 bits per heavy atom. The predicted molar refractivity (Wildman–Crippen MR) is 91.1 cm³/mol. The van der Waals surface area contributed by atoms with Gasteiger partial charge in [0.1, 0.15) is 6.29 Å². The maximum absolute atomic E-state index is 12.2. The van der Waals surface area contributed by atoms with Crippen LogP contribution in [0.3, 0.4) is 0 Å². The normalized spacial score (nSPS) is 13.4. The summed E-state index contributed by atoms with van der Waals surface area (Å²) in [6.45, 7) is 2.19. The lowest BCUT2D eigenvalue weighted by Crippen LogP contribution is -2.38. The van der Waals surface area contributed by atoms with Crippen LogP contribution >= 0.6 is 11.8 Å². The summed E-state index contributed by atoms with van der Waals surface area (Å²) in [6, 6.07) is 9.54. The molecule has 0 amide bonds. The number of carbonyl (C=O) groups is 2. The highest BCUT2D eigenvalue weighted by atomic mass is 32.2. The zero-order valence-electron chi connectivity index (χ0n) is 13.5. The Morgan fingerprint density at radius 1 is 1.14 bits per heavy atom. The third kappa shape index (κ3) is 5.84. The molecule has 1 unspecified atom stereocenters. The molecule has 22 heavy (non-hydrogen) atoms. The van der Waals surface area contributed by atoms with E-state index in [9.17, 15) is 9.59 Å². The lowest BCUT2D eigenvalue weighted by atomic mass is 10.0. The van der Waals surface area contributed by atoms with Crippen LogP contribution < -0.4 is 0 Å². The molecular formula is C18H26O3S. The fourth-order valence-electron chi connectivity index (χ4n) is 2.37. The van der Waals surface area contributed by atoms with Crippen LogP contribution in [0.25, 0.3) is 0 Å². The minimum atomic E-state index is -1.12. The number of thioether (sulfide) groups is 1. The van der Waals surface area contributed by atoms with E-state index in [0.717, 1.165) is 30.4 Å². The average molecular weight is 322 g/mol. The molecular weight excluding hydrogens is 296 g/mol. The van der Waals surface area contributed by atoms with Gasteiger partial charge in [-0.3, -0.25) is 4.79 Å². The lowest BCUT2D eigenvalue weighted by molar-refractivity contribution is -0.145. The standard InChI is InChI=1S/C18H26O3S/c1-3-4-5-6-7-11-14-18(15-19,17(20)21-2)22-16-12-9-8-10-13-16/h8-10,12-13,15H,3-7,11,14H2,1-2H3. The number of unbranched alkanes of at least 4 members (excludes halogenated alkanes) is 5. The first-order valence-electron chi connectivity index (χ1n) is 7.97. The molecule has 0 aliphatic carbocycles. The number of rotatable bonds is 11. The van der Waals surface area contributed by atoms with Crippen molar-refractivity contribution in [2.24, 2.45) is 0 Å². The van der Waals surface area contributed by atoms with Gasteiger partial charge in [-0.1, -0.05) is 75.4 Å². The summed E-state index contributed by atoms with van der Waals surface area (Å²) in [6.07, 6.45) is 8.00. The Bertz CT molecular complexity index is 447. The molecule has 1 aromatic carbocycles. The summed E-state index contributed by atoms with van der Waals surface area (Å²) >= 11 is 1.29. The molecule has 0 bridgehead atoms. The quantitative estimate of drug-likeness (QED) is 0.196. The maximum atomic E-state index is 12.2. The van der Waals surface area contributed by atoms with Crippen LogP contribution in [0.4, 0.5) is 0 Å². The van der Waals surface area contributed by atoms with Crippen molar-refractivity contribution in [3.63, 3.8) is 0 Å². The van der Waals surface area contributed by atoms with Crippen LogP contribution in [0.2, 0.25) is 0 Å². The number of esters is 1. The minimum Gasteiger partial charge on any atom is -0.468 e. The number of carbonyl (C=O) groups excluding carboxylic acids is 2. The monoisotopic (exact) mass is 322 g/mol. The Hall–Kier alpha value is -1.29. The second-order valence-corrected chi connectivity index (χ2v) is 6.84. The van der Waals surface area contributed by atoms with E-state index in [0.29, 0.717) is 6.42 Å². The molecule has 0 aliphatic heterocycles. The second-order valence-electron chi connectivity index (χ2n) is 5.43. The van der Waals surface area contributed by atoms with Gasteiger partial charge in [0, 0.05) is 4.90 Å². The first kappa shape index (κ1) is 18.8. The van der Waals surface area contributed by atoms with Crippen LogP contribution in [-0.4, -0.2) is 24.1 Å². The molecule has 3 nitrogen and oxygen atoms in total. The molecule has 0 radical (unpaired) electrons.